The van der Waals surface area contributed by atoms with Gasteiger partial charge in [0.1, 0.15) is 5.69 Å². The maximum atomic E-state index is 13.3. The van der Waals surface area contributed by atoms with Gasteiger partial charge in [0.25, 0.3) is 11.5 Å². The number of nitrogens with zero attached hydrogens (tertiary/aromatic N) is 10. The van der Waals surface area contributed by atoms with Gasteiger partial charge in [-0.2, -0.15) is 27.6 Å². The van der Waals surface area contributed by atoms with E-state index in [1.807, 2.05) is 0 Å². The van der Waals surface area contributed by atoms with Crippen LogP contribution < -0.4 is 5.62 Å². The quantitative estimate of drug-likeness (QED) is 0.400. The number of hydrogen-bond acceptors (Lipinski definition) is 10. The van der Waals surface area contributed by atoms with E-state index >= 15 is 0 Å². The van der Waals surface area contributed by atoms with Gasteiger partial charge < -0.3 is 9.84 Å². The lowest BCUT2D eigenvalue weighted by Crippen LogP contribution is -2.32. The first kappa shape index (κ1) is 26.8. The zero-order chi connectivity index (χ0) is 26.5. The lowest BCUT2D eigenvalue weighted by atomic mass is 10.1. The number of halogens is 3. The number of pyridine rings is 1. The molecule has 0 saturated heterocycles. The number of carbonyl (C=O) groups is 2. The van der Waals surface area contributed by atoms with E-state index < -0.39 is 30.2 Å². The van der Waals surface area contributed by atoms with Gasteiger partial charge in [-0.25, -0.2) is 14.5 Å². The molecule has 194 valence electrons. The summed E-state index contributed by atoms with van der Waals surface area (Å²) in [5.74, 6) is -0.431. The van der Waals surface area contributed by atoms with Crippen LogP contribution in [0.3, 0.4) is 0 Å². The van der Waals surface area contributed by atoms with Crippen LogP contribution in [0.5, 0.6) is 0 Å². The van der Waals surface area contributed by atoms with Crippen LogP contribution in [0.1, 0.15) is 53.6 Å². The van der Waals surface area contributed by atoms with Crippen LogP contribution >= 0.6 is 11.8 Å². The first-order valence-electron chi connectivity index (χ1n) is 10.3. The van der Waals surface area contributed by atoms with Crippen molar-refractivity contribution in [1.82, 2.24) is 45.0 Å². The van der Waals surface area contributed by atoms with Gasteiger partial charge in [0, 0.05) is 19.2 Å². The lowest BCUT2D eigenvalue weighted by Gasteiger charge is -2.14. The van der Waals surface area contributed by atoms with Crippen molar-refractivity contribution in [2.45, 2.75) is 43.7 Å². The van der Waals surface area contributed by atoms with Gasteiger partial charge in [0.15, 0.2) is 5.82 Å². The van der Waals surface area contributed by atoms with Crippen molar-refractivity contribution >= 4 is 23.8 Å². The summed E-state index contributed by atoms with van der Waals surface area (Å²) < 4.78 is 46.8. The average molecular weight is 530 g/mol. The summed E-state index contributed by atoms with van der Waals surface area (Å²) in [6, 6.07) is 1.67. The van der Waals surface area contributed by atoms with Crippen molar-refractivity contribution in [3.63, 3.8) is 0 Å². The summed E-state index contributed by atoms with van der Waals surface area (Å²) in [4.78, 5) is 33.0. The second-order valence-electron chi connectivity index (χ2n) is 7.27. The second kappa shape index (κ2) is 11.3. The first-order valence-corrected chi connectivity index (χ1v) is 11.5. The topological polar surface area (TPSA) is 168 Å². The summed E-state index contributed by atoms with van der Waals surface area (Å²) in [5, 5.41) is 28.0. The molecule has 0 saturated carbocycles. The van der Waals surface area contributed by atoms with Gasteiger partial charge in [0.2, 0.25) is 6.23 Å². The Hall–Kier alpha value is -3.83. The molecular formula is C18H21F3N10O4S. The highest BCUT2D eigenvalue weighted by atomic mass is 32.2. The van der Waals surface area contributed by atoms with Gasteiger partial charge in [0.05, 0.1) is 24.1 Å². The molecule has 1 unspecified atom stereocenters. The van der Waals surface area contributed by atoms with Crippen LogP contribution in [-0.2, 0) is 36.5 Å². The number of ether oxygens (including phenoxy) is 1. The summed E-state index contributed by atoms with van der Waals surface area (Å²) in [5.41, 5.74) is -1.66. The van der Waals surface area contributed by atoms with Crippen molar-refractivity contribution < 1.29 is 32.6 Å². The highest BCUT2D eigenvalue weighted by Gasteiger charge is 2.33. The minimum Gasteiger partial charge on any atom is -0.450 e. The molecule has 1 atom stereocenters. The summed E-state index contributed by atoms with van der Waals surface area (Å²) in [6.07, 6.45) is -6.67. The van der Waals surface area contributed by atoms with E-state index in [0.717, 1.165) is 27.2 Å². The lowest BCUT2D eigenvalue weighted by molar-refractivity contribution is -0.141. The molecule has 0 aliphatic rings. The number of alkyl halides is 3. The van der Waals surface area contributed by atoms with Crippen LogP contribution in [0.2, 0.25) is 0 Å². The molecule has 0 aliphatic carbocycles. The highest BCUT2D eigenvalue weighted by molar-refractivity contribution is 7.97. The molecular weight excluding hydrogens is 509 g/mol. The number of aryl methyl sites for hydroxylation is 2. The smallest absolute Gasteiger partial charge is 0.450 e. The van der Waals surface area contributed by atoms with E-state index in [0.29, 0.717) is 18.3 Å². The Morgan fingerprint density at radius 3 is 2.56 bits per heavy atom. The third-order valence-corrected chi connectivity index (χ3v) is 5.47. The minimum absolute atomic E-state index is 0.0804. The number of rotatable bonds is 9. The van der Waals surface area contributed by atoms with E-state index in [9.17, 15) is 22.8 Å². The normalized spacial score (nSPS) is 13.1. The molecule has 36 heavy (non-hydrogen) atoms. The zero-order valence-corrected chi connectivity index (χ0v) is 20.1. The molecule has 0 fully saturated rings. The predicted molar refractivity (Wildman–Crippen MR) is 115 cm³/mol. The molecule has 3 aromatic heterocycles. The van der Waals surface area contributed by atoms with Crippen molar-refractivity contribution in [3.05, 3.63) is 40.5 Å². The van der Waals surface area contributed by atoms with Crippen molar-refractivity contribution in [3.8, 4) is 0 Å². The number of aromatic nitrogens is 9. The molecule has 3 aromatic rings. The maximum Gasteiger partial charge on any atom is 0.507 e. The summed E-state index contributed by atoms with van der Waals surface area (Å²) in [6.45, 7) is 1.78. The van der Waals surface area contributed by atoms with Crippen molar-refractivity contribution in [2.75, 3.05) is 0 Å². The number of thioether (sulfide) groups is 1. The van der Waals surface area contributed by atoms with Crippen molar-refractivity contribution in [1.29, 1.82) is 0 Å². The zero-order valence-electron chi connectivity index (χ0n) is 19.2. The molecule has 3 rings (SSSR count). The van der Waals surface area contributed by atoms with Gasteiger partial charge in [-0.1, -0.05) is 13.3 Å². The standard InChI is InChI=1S/C18H21F3N10O4S/c1-4-5-14(35-17(33)34)31-16(29(2)27-28-31)23-15(32)10-6-7-12(18(19,20)21)22-11(10)8-36-9-13-24-26-30(3)25-13/h6-7,14H,4-5,8-9H2,1-3H3,(H,33,34). The third kappa shape index (κ3) is 6.64. The molecule has 18 heteroatoms. The predicted octanol–water partition coefficient (Wildman–Crippen LogP) is 1.72. The van der Waals surface area contributed by atoms with Crippen LogP contribution in [0.15, 0.2) is 17.1 Å². The fourth-order valence-corrected chi connectivity index (χ4v) is 3.78. The van der Waals surface area contributed by atoms with Gasteiger partial charge >= 0.3 is 12.3 Å². The molecule has 0 aliphatic heterocycles. The molecule has 1 amide bonds. The van der Waals surface area contributed by atoms with Crippen molar-refractivity contribution in [2.24, 2.45) is 19.1 Å². The number of tetrazole rings is 2. The second-order valence-corrected chi connectivity index (χ2v) is 8.25. The molecule has 3 heterocycles. The minimum atomic E-state index is -4.72. The van der Waals surface area contributed by atoms with Crippen LogP contribution in [-0.4, -0.2) is 62.2 Å². The van der Waals surface area contributed by atoms with Crippen LogP contribution in [0.25, 0.3) is 0 Å². The Morgan fingerprint density at radius 2 is 1.94 bits per heavy atom. The maximum absolute atomic E-state index is 13.3. The number of carboxylic acid groups (broad SMARTS) is 1. The van der Waals surface area contributed by atoms with E-state index in [-0.39, 0.29) is 34.8 Å². The average Bonchev–Trinajstić information content (AvgIpc) is 3.37. The van der Waals surface area contributed by atoms with Crippen LogP contribution in [0, 0.1) is 0 Å². The van der Waals surface area contributed by atoms with Gasteiger partial charge in [-0.3, -0.25) is 4.79 Å². The SMILES string of the molecule is CCCC(OC(=O)O)n1nnn(C)c1=NC(=O)c1ccc(C(F)(F)F)nc1CSCc1nnn(C)n1. The third-order valence-electron chi connectivity index (χ3n) is 4.53. The molecule has 0 aromatic carbocycles. The Morgan fingerprint density at radius 1 is 1.19 bits per heavy atom. The van der Waals surface area contributed by atoms with E-state index in [4.69, 9.17) is 9.84 Å². The highest BCUT2D eigenvalue weighted by Crippen LogP contribution is 2.29. The van der Waals surface area contributed by atoms with E-state index in [1.54, 1.807) is 14.0 Å². The molecule has 0 bridgehead atoms. The summed E-state index contributed by atoms with van der Waals surface area (Å²) >= 11 is 1.13. The Balaban J connectivity index is 1.96. The summed E-state index contributed by atoms with van der Waals surface area (Å²) in [7, 11) is 2.98. The number of carbonyl (C=O) groups excluding carboxylic acids is 1. The molecule has 0 radical (unpaired) electrons. The fourth-order valence-electron chi connectivity index (χ4n) is 2.97. The van der Waals surface area contributed by atoms with E-state index in [1.165, 1.54) is 11.8 Å². The largest absolute Gasteiger partial charge is 0.507 e. The van der Waals surface area contributed by atoms with E-state index in [2.05, 4.69) is 35.8 Å². The Kier molecular flexibility index (Phi) is 8.38. The molecule has 1 N–H and O–H groups in total. The number of hydrogen-bond donors (Lipinski definition) is 1. The molecule has 0 spiro atoms. The van der Waals surface area contributed by atoms with Crippen LogP contribution in [0.4, 0.5) is 18.0 Å². The van der Waals surface area contributed by atoms with Gasteiger partial charge in [-0.15, -0.1) is 22.0 Å². The Labute approximate surface area is 205 Å². The number of amides is 1. The monoisotopic (exact) mass is 530 g/mol. The Bertz CT molecular complexity index is 1300. The fraction of sp³-hybridized carbons (Fsp3) is 0.500. The first-order chi connectivity index (χ1) is 17.0. The van der Waals surface area contributed by atoms with Gasteiger partial charge in [-0.05, 0) is 27.8 Å². The molecule has 14 nitrogen and oxygen atoms in total.